The Hall–Kier alpha value is -1.78. The summed E-state index contributed by atoms with van der Waals surface area (Å²) in [5.41, 5.74) is -1.31. The molecule has 0 bridgehead atoms. The first-order valence-corrected chi connectivity index (χ1v) is 6.21. The summed E-state index contributed by atoms with van der Waals surface area (Å²) in [6, 6.07) is -1.02. The van der Waals surface area contributed by atoms with Gasteiger partial charge >= 0.3 is 12.1 Å². The fraction of sp³-hybridized carbons (Fsp3) is 0.571. The van der Waals surface area contributed by atoms with E-state index >= 15 is 0 Å². The van der Waals surface area contributed by atoms with Crippen LogP contribution in [0.5, 0.6) is 0 Å². The second-order valence-corrected chi connectivity index (χ2v) is 5.91. The summed E-state index contributed by atoms with van der Waals surface area (Å²) in [6.45, 7) is 6.98. The van der Waals surface area contributed by atoms with Crippen molar-refractivity contribution in [1.29, 1.82) is 0 Å². The summed E-state index contributed by atoms with van der Waals surface area (Å²) in [4.78, 5) is 23.1. The van der Waals surface area contributed by atoms with E-state index in [-0.39, 0.29) is 0 Å². The molecule has 106 valence electrons. The molecule has 0 aromatic heterocycles. The van der Waals surface area contributed by atoms with Crippen LogP contribution in [0.2, 0.25) is 0 Å². The van der Waals surface area contributed by atoms with E-state index in [4.69, 9.17) is 4.74 Å². The summed E-state index contributed by atoms with van der Waals surface area (Å²) in [5, 5.41) is 11.7. The lowest BCUT2D eigenvalue weighted by Gasteiger charge is -2.33. The van der Waals surface area contributed by atoms with Crippen LogP contribution in [0.1, 0.15) is 34.1 Å². The van der Waals surface area contributed by atoms with Gasteiger partial charge in [-0.3, -0.25) is 0 Å². The number of alkyl carbamates (subject to hydrolysis) is 1. The normalized spacial score (nSPS) is 23.8. The van der Waals surface area contributed by atoms with Crippen LogP contribution in [0.15, 0.2) is 24.3 Å². The molecule has 5 heteroatoms. The molecule has 0 aromatic rings. The van der Waals surface area contributed by atoms with Gasteiger partial charge in [0.05, 0.1) is 0 Å². The fourth-order valence-corrected chi connectivity index (χ4v) is 1.89. The van der Waals surface area contributed by atoms with Gasteiger partial charge in [0.2, 0.25) is 0 Å². The Kier molecular flexibility index (Phi) is 4.39. The molecule has 2 N–H and O–H groups in total. The van der Waals surface area contributed by atoms with E-state index in [1.165, 1.54) is 0 Å². The van der Waals surface area contributed by atoms with Crippen molar-refractivity contribution in [3.63, 3.8) is 0 Å². The number of carboxylic acid groups (broad SMARTS) is 1. The minimum atomic E-state index is -1.08. The van der Waals surface area contributed by atoms with E-state index in [1.54, 1.807) is 39.8 Å². The first-order chi connectivity index (χ1) is 8.64. The van der Waals surface area contributed by atoms with E-state index in [2.05, 4.69) is 5.32 Å². The molecular formula is C14H21NO4. The Bertz CT molecular complexity index is 420. The zero-order valence-corrected chi connectivity index (χ0v) is 11.8. The minimum Gasteiger partial charge on any atom is -0.480 e. The molecule has 0 fully saturated rings. The maximum absolute atomic E-state index is 11.7. The van der Waals surface area contributed by atoms with Crippen molar-refractivity contribution in [3.05, 3.63) is 24.3 Å². The van der Waals surface area contributed by atoms with Gasteiger partial charge in [0.1, 0.15) is 11.6 Å². The van der Waals surface area contributed by atoms with Gasteiger partial charge in [-0.05, 0) is 27.2 Å². The monoisotopic (exact) mass is 267 g/mol. The van der Waals surface area contributed by atoms with Gasteiger partial charge in [-0.2, -0.15) is 0 Å². The van der Waals surface area contributed by atoms with Crippen LogP contribution >= 0.6 is 0 Å². The lowest BCUT2D eigenvalue weighted by atomic mass is 9.77. The number of allylic oxidation sites excluding steroid dienone is 3. The number of carbonyl (C=O) groups excluding carboxylic acids is 1. The summed E-state index contributed by atoms with van der Waals surface area (Å²) < 4.78 is 5.10. The topological polar surface area (TPSA) is 75.6 Å². The summed E-state index contributed by atoms with van der Waals surface area (Å²) >= 11 is 0. The molecule has 0 radical (unpaired) electrons. The molecule has 1 aliphatic rings. The van der Waals surface area contributed by atoms with Crippen LogP contribution in [0.25, 0.3) is 0 Å². The molecule has 1 aliphatic carbocycles. The van der Waals surface area contributed by atoms with E-state index in [1.807, 2.05) is 12.2 Å². The fourth-order valence-electron chi connectivity index (χ4n) is 1.89. The van der Waals surface area contributed by atoms with Crippen LogP contribution in [-0.4, -0.2) is 28.8 Å². The molecule has 0 saturated heterocycles. The molecule has 0 spiro atoms. The van der Waals surface area contributed by atoms with Gasteiger partial charge < -0.3 is 15.2 Å². The van der Waals surface area contributed by atoms with Crippen molar-refractivity contribution in [3.8, 4) is 0 Å². The highest BCUT2D eigenvalue weighted by Crippen LogP contribution is 2.31. The third-order valence-corrected chi connectivity index (χ3v) is 2.85. The largest absolute Gasteiger partial charge is 0.480 e. The van der Waals surface area contributed by atoms with Crippen molar-refractivity contribution in [2.45, 2.75) is 45.8 Å². The highest BCUT2D eigenvalue weighted by atomic mass is 16.6. The first-order valence-electron chi connectivity index (χ1n) is 6.21. The molecule has 1 unspecified atom stereocenters. The highest BCUT2D eigenvalue weighted by molar-refractivity contribution is 5.81. The lowest BCUT2D eigenvalue weighted by Crippen LogP contribution is -2.52. The van der Waals surface area contributed by atoms with Crippen molar-refractivity contribution in [2.24, 2.45) is 5.41 Å². The van der Waals surface area contributed by atoms with E-state index in [9.17, 15) is 14.7 Å². The van der Waals surface area contributed by atoms with Gasteiger partial charge in [0.15, 0.2) is 0 Å². The SMILES string of the molecule is CC(C)(C)OC(=O)N[C@@H](C(=O)O)C1(C)C=CC=CC1. The molecule has 5 nitrogen and oxygen atoms in total. The van der Waals surface area contributed by atoms with Crippen molar-refractivity contribution in [1.82, 2.24) is 5.32 Å². The molecular weight excluding hydrogens is 246 g/mol. The number of ether oxygens (including phenoxy) is 1. The number of hydrogen-bond donors (Lipinski definition) is 2. The van der Waals surface area contributed by atoms with Gasteiger partial charge in [-0.1, -0.05) is 31.2 Å². The Labute approximate surface area is 113 Å². The average molecular weight is 267 g/mol. The van der Waals surface area contributed by atoms with Crippen molar-refractivity contribution < 1.29 is 19.4 Å². The average Bonchev–Trinajstić information content (AvgIpc) is 2.24. The quantitative estimate of drug-likeness (QED) is 0.823. The molecule has 0 aromatic carbocycles. The molecule has 0 heterocycles. The van der Waals surface area contributed by atoms with E-state index < -0.39 is 29.1 Å². The highest BCUT2D eigenvalue weighted by Gasteiger charge is 2.39. The van der Waals surface area contributed by atoms with Gasteiger partial charge in [0.25, 0.3) is 0 Å². The number of carboxylic acids is 1. The smallest absolute Gasteiger partial charge is 0.408 e. The van der Waals surface area contributed by atoms with Crippen LogP contribution < -0.4 is 5.32 Å². The number of aliphatic carboxylic acids is 1. The van der Waals surface area contributed by atoms with Gasteiger partial charge in [-0.25, -0.2) is 9.59 Å². The van der Waals surface area contributed by atoms with Crippen LogP contribution in [0.4, 0.5) is 4.79 Å². The Balaban J connectivity index is 2.80. The Morgan fingerprint density at radius 1 is 1.37 bits per heavy atom. The summed E-state index contributed by atoms with van der Waals surface area (Å²) in [6.07, 6.45) is 7.15. The second-order valence-electron chi connectivity index (χ2n) is 5.91. The molecule has 1 rings (SSSR count). The molecule has 0 saturated carbocycles. The number of amides is 1. The van der Waals surface area contributed by atoms with Crippen LogP contribution in [-0.2, 0) is 9.53 Å². The Morgan fingerprint density at radius 2 is 2.00 bits per heavy atom. The predicted octanol–water partition coefficient (Wildman–Crippen LogP) is 2.49. The standard InChI is InChI=1S/C14H21NO4/c1-13(2,3)19-12(18)15-10(11(16)17)14(4)8-6-5-7-9-14/h5-8,10H,9H2,1-4H3,(H,15,18)(H,16,17)/t10-,14?/m0/s1. The van der Waals surface area contributed by atoms with Gasteiger partial charge in [-0.15, -0.1) is 0 Å². The zero-order chi connectivity index (χ0) is 14.7. The van der Waals surface area contributed by atoms with E-state index in [0.29, 0.717) is 6.42 Å². The molecule has 2 atom stereocenters. The molecule has 19 heavy (non-hydrogen) atoms. The maximum Gasteiger partial charge on any atom is 0.408 e. The molecule has 0 aliphatic heterocycles. The molecule has 1 amide bonds. The Morgan fingerprint density at radius 3 is 2.42 bits per heavy atom. The number of carbonyl (C=O) groups is 2. The zero-order valence-electron chi connectivity index (χ0n) is 11.8. The first kappa shape index (κ1) is 15.3. The van der Waals surface area contributed by atoms with Gasteiger partial charge in [0, 0.05) is 5.41 Å². The summed E-state index contributed by atoms with van der Waals surface area (Å²) in [5.74, 6) is -1.08. The van der Waals surface area contributed by atoms with Crippen molar-refractivity contribution in [2.75, 3.05) is 0 Å². The van der Waals surface area contributed by atoms with Crippen molar-refractivity contribution >= 4 is 12.1 Å². The maximum atomic E-state index is 11.7. The summed E-state index contributed by atoms with van der Waals surface area (Å²) in [7, 11) is 0. The number of rotatable bonds is 3. The third-order valence-electron chi connectivity index (χ3n) is 2.85. The minimum absolute atomic E-state index is 0.552. The van der Waals surface area contributed by atoms with Crippen LogP contribution in [0, 0.1) is 5.41 Å². The number of hydrogen-bond acceptors (Lipinski definition) is 3. The van der Waals surface area contributed by atoms with Crippen LogP contribution in [0.3, 0.4) is 0 Å². The number of nitrogens with one attached hydrogen (secondary N) is 1. The third kappa shape index (κ3) is 4.43. The lowest BCUT2D eigenvalue weighted by molar-refractivity contribution is -0.142. The predicted molar refractivity (Wildman–Crippen MR) is 71.8 cm³/mol. The van der Waals surface area contributed by atoms with E-state index in [0.717, 1.165) is 0 Å². The second kappa shape index (κ2) is 5.47.